The van der Waals surface area contributed by atoms with Crippen LogP contribution in [-0.2, 0) is 11.3 Å². The van der Waals surface area contributed by atoms with E-state index in [-0.39, 0.29) is 5.97 Å². The van der Waals surface area contributed by atoms with Crippen molar-refractivity contribution < 1.29 is 9.53 Å². The van der Waals surface area contributed by atoms with Crippen molar-refractivity contribution in [3.8, 4) is 10.6 Å². The van der Waals surface area contributed by atoms with Gasteiger partial charge in [-0.05, 0) is 30.0 Å². The molecule has 136 valence electrons. The second kappa shape index (κ2) is 7.81. The molecule has 0 bridgehead atoms. The van der Waals surface area contributed by atoms with Gasteiger partial charge in [0.05, 0.1) is 16.8 Å². The van der Waals surface area contributed by atoms with Crippen LogP contribution in [0.4, 0.5) is 5.82 Å². The molecule has 0 saturated heterocycles. The molecule has 0 aliphatic carbocycles. The smallest absolute Gasteiger partial charge is 0.357 e. The highest BCUT2D eigenvalue weighted by molar-refractivity contribution is 7.17. The summed E-state index contributed by atoms with van der Waals surface area (Å²) in [7, 11) is 0. The Kier molecular flexibility index (Phi) is 5.08. The van der Waals surface area contributed by atoms with E-state index in [4.69, 9.17) is 4.74 Å². The molecule has 0 spiro atoms. The van der Waals surface area contributed by atoms with E-state index in [2.05, 4.69) is 26.3 Å². The number of rotatable bonds is 6. The topological polar surface area (TPSA) is 77.0 Å². The Balaban J connectivity index is 1.51. The van der Waals surface area contributed by atoms with Crippen molar-refractivity contribution in [1.29, 1.82) is 0 Å². The molecule has 0 amide bonds. The molecule has 1 aromatic carbocycles. The van der Waals surface area contributed by atoms with E-state index in [1.807, 2.05) is 29.6 Å². The van der Waals surface area contributed by atoms with Crippen LogP contribution in [0.15, 0.2) is 47.4 Å². The van der Waals surface area contributed by atoms with Gasteiger partial charge in [-0.1, -0.05) is 18.2 Å². The Hall–Kier alpha value is -2.84. The van der Waals surface area contributed by atoms with E-state index in [1.54, 1.807) is 30.0 Å². The van der Waals surface area contributed by atoms with Gasteiger partial charge in [0, 0.05) is 17.5 Å². The zero-order chi connectivity index (χ0) is 18.6. The van der Waals surface area contributed by atoms with Crippen molar-refractivity contribution in [2.45, 2.75) is 13.5 Å². The fourth-order valence-electron chi connectivity index (χ4n) is 2.62. The number of thiophene rings is 1. The Morgan fingerprint density at radius 1 is 1.22 bits per heavy atom. The number of carbonyl (C=O) groups excluding carboxylic acids is 1. The third kappa shape index (κ3) is 3.81. The fourth-order valence-corrected chi connectivity index (χ4v) is 4.22. The van der Waals surface area contributed by atoms with Crippen LogP contribution in [-0.4, -0.2) is 27.5 Å². The Bertz CT molecular complexity index is 1090. The number of anilines is 1. The van der Waals surface area contributed by atoms with E-state index in [0.29, 0.717) is 18.8 Å². The van der Waals surface area contributed by atoms with Crippen LogP contribution in [0.3, 0.4) is 0 Å². The zero-order valence-electron chi connectivity index (χ0n) is 14.5. The Labute approximate surface area is 163 Å². The minimum atomic E-state index is -0.387. The molecule has 4 rings (SSSR count). The van der Waals surface area contributed by atoms with Gasteiger partial charge in [0.1, 0.15) is 17.2 Å². The molecule has 0 aliphatic rings. The molecule has 0 atom stereocenters. The van der Waals surface area contributed by atoms with E-state index in [9.17, 15) is 4.79 Å². The predicted molar refractivity (Wildman–Crippen MR) is 108 cm³/mol. The standard InChI is InChI=1S/C19H16N4O2S2/c1-2-25-19(24)15-10-27-18(23-15)13-5-3-4-12(8-13)9-20-17-16-14(6-7-26-16)21-11-22-17/h3-8,10-11H,2,9H2,1H3,(H,20,21,22). The summed E-state index contributed by atoms with van der Waals surface area (Å²) in [5.41, 5.74) is 3.37. The number of thiazole rings is 1. The third-order valence-electron chi connectivity index (χ3n) is 3.87. The predicted octanol–water partition coefficient (Wildman–Crippen LogP) is 4.60. The van der Waals surface area contributed by atoms with Gasteiger partial charge in [-0.3, -0.25) is 0 Å². The summed E-state index contributed by atoms with van der Waals surface area (Å²) in [4.78, 5) is 24.8. The first kappa shape index (κ1) is 17.6. The average Bonchev–Trinajstić information content (AvgIpc) is 3.36. The van der Waals surface area contributed by atoms with Crippen LogP contribution < -0.4 is 5.32 Å². The number of hydrogen-bond donors (Lipinski definition) is 1. The van der Waals surface area contributed by atoms with Crippen LogP contribution >= 0.6 is 22.7 Å². The number of nitrogens with one attached hydrogen (secondary N) is 1. The van der Waals surface area contributed by atoms with Gasteiger partial charge in [0.2, 0.25) is 0 Å². The summed E-state index contributed by atoms with van der Waals surface area (Å²) in [6.45, 7) is 2.75. The molecule has 0 saturated carbocycles. The van der Waals surface area contributed by atoms with Crippen molar-refractivity contribution in [2.75, 3.05) is 11.9 Å². The first-order valence-corrected chi connectivity index (χ1v) is 10.1. The minimum absolute atomic E-state index is 0.341. The van der Waals surface area contributed by atoms with E-state index < -0.39 is 0 Å². The van der Waals surface area contributed by atoms with Gasteiger partial charge in [0.25, 0.3) is 0 Å². The van der Waals surface area contributed by atoms with E-state index >= 15 is 0 Å². The highest BCUT2D eigenvalue weighted by Gasteiger charge is 2.13. The molecule has 1 N–H and O–H groups in total. The number of aromatic nitrogens is 3. The van der Waals surface area contributed by atoms with E-state index in [0.717, 1.165) is 32.2 Å². The number of esters is 1. The summed E-state index contributed by atoms with van der Waals surface area (Å²) in [6.07, 6.45) is 1.57. The number of hydrogen-bond acceptors (Lipinski definition) is 8. The quantitative estimate of drug-likeness (QED) is 0.480. The summed E-state index contributed by atoms with van der Waals surface area (Å²) >= 11 is 3.05. The molecule has 27 heavy (non-hydrogen) atoms. The molecular weight excluding hydrogens is 380 g/mol. The first-order chi connectivity index (χ1) is 13.2. The van der Waals surface area contributed by atoms with Crippen molar-refractivity contribution in [1.82, 2.24) is 15.0 Å². The highest BCUT2D eigenvalue weighted by atomic mass is 32.1. The summed E-state index contributed by atoms with van der Waals surface area (Å²) in [6, 6.07) is 10.1. The Morgan fingerprint density at radius 2 is 2.15 bits per heavy atom. The minimum Gasteiger partial charge on any atom is -0.461 e. The second-order valence-electron chi connectivity index (χ2n) is 5.67. The third-order valence-corrected chi connectivity index (χ3v) is 5.67. The highest BCUT2D eigenvalue weighted by Crippen LogP contribution is 2.27. The van der Waals surface area contributed by atoms with Crippen LogP contribution in [0, 0.1) is 0 Å². The van der Waals surface area contributed by atoms with Crippen LogP contribution in [0.1, 0.15) is 23.0 Å². The maximum Gasteiger partial charge on any atom is 0.357 e. The summed E-state index contributed by atoms with van der Waals surface area (Å²) in [5, 5.41) is 7.91. The second-order valence-corrected chi connectivity index (χ2v) is 7.44. The van der Waals surface area contributed by atoms with Gasteiger partial charge < -0.3 is 10.1 Å². The van der Waals surface area contributed by atoms with Gasteiger partial charge in [-0.2, -0.15) is 0 Å². The number of nitrogens with zero attached hydrogens (tertiary/aromatic N) is 3. The largest absolute Gasteiger partial charge is 0.461 e. The molecule has 0 fully saturated rings. The molecule has 8 heteroatoms. The van der Waals surface area contributed by atoms with Crippen molar-refractivity contribution >= 4 is 44.7 Å². The lowest BCUT2D eigenvalue weighted by atomic mass is 10.1. The van der Waals surface area contributed by atoms with Gasteiger partial charge in [-0.25, -0.2) is 19.7 Å². The summed E-state index contributed by atoms with van der Waals surface area (Å²) in [5.74, 6) is 0.445. The SMILES string of the molecule is CCOC(=O)c1csc(-c2cccc(CNc3ncnc4ccsc34)c2)n1. The molecule has 0 unspecified atom stereocenters. The summed E-state index contributed by atoms with van der Waals surface area (Å²) < 4.78 is 6.05. The van der Waals surface area contributed by atoms with Crippen LogP contribution in [0.5, 0.6) is 0 Å². The lowest BCUT2D eigenvalue weighted by molar-refractivity contribution is 0.0520. The molecule has 0 aliphatic heterocycles. The first-order valence-electron chi connectivity index (χ1n) is 8.38. The van der Waals surface area contributed by atoms with Gasteiger partial charge in [-0.15, -0.1) is 22.7 Å². The van der Waals surface area contributed by atoms with E-state index in [1.165, 1.54) is 11.3 Å². The number of benzene rings is 1. The maximum absolute atomic E-state index is 11.8. The Morgan fingerprint density at radius 3 is 3.04 bits per heavy atom. The maximum atomic E-state index is 11.8. The monoisotopic (exact) mass is 396 g/mol. The lowest BCUT2D eigenvalue weighted by Crippen LogP contribution is -2.04. The number of ether oxygens (including phenoxy) is 1. The normalized spacial score (nSPS) is 10.9. The fraction of sp³-hybridized carbons (Fsp3) is 0.158. The molecule has 4 aromatic rings. The van der Waals surface area contributed by atoms with Crippen LogP contribution in [0.25, 0.3) is 20.8 Å². The lowest BCUT2D eigenvalue weighted by Gasteiger charge is -2.07. The zero-order valence-corrected chi connectivity index (χ0v) is 16.1. The van der Waals surface area contributed by atoms with Gasteiger partial charge in [0.15, 0.2) is 5.69 Å². The van der Waals surface area contributed by atoms with Crippen molar-refractivity contribution in [3.05, 3.63) is 58.7 Å². The van der Waals surface area contributed by atoms with Crippen molar-refractivity contribution in [3.63, 3.8) is 0 Å². The molecule has 6 nitrogen and oxygen atoms in total. The van der Waals surface area contributed by atoms with Crippen LogP contribution in [0.2, 0.25) is 0 Å². The average molecular weight is 396 g/mol. The van der Waals surface area contributed by atoms with Crippen molar-refractivity contribution in [2.24, 2.45) is 0 Å². The molecular formula is C19H16N4O2S2. The van der Waals surface area contributed by atoms with Gasteiger partial charge >= 0.3 is 5.97 Å². The number of carbonyl (C=O) groups is 1. The molecule has 3 heterocycles. The molecule has 3 aromatic heterocycles. The number of fused-ring (bicyclic) bond motifs is 1. The molecule has 0 radical (unpaired) electrons.